The molecule has 0 saturated carbocycles. The Kier molecular flexibility index (Phi) is 4.15. The van der Waals surface area contributed by atoms with Gasteiger partial charge in [-0.25, -0.2) is 0 Å². The second kappa shape index (κ2) is 5.38. The highest BCUT2D eigenvalue weighted by Gasteiger charge is 2.16. The van der Waals surface area contributed by atoms with Crippen molar-refractivity contribution in [2.24, 2.45) is 0 Å². The van der Waals surface area contributed by atoms with Crippen molar-refractivity contribution in [3.05, 3.63) is 23.3 Å². The number of aryl methyl sites for hydroxylation is 1. The quantitative estimate of drug-likeness (QED) is 0.840. The van der Waals surface area contributed by atoms with E-state index in [0.717, 1.165) is 16.9 Å². The number of ether oxygens (including phenoxy) is 2. The first-order chi connectivity index (χ1) is 7.67. The molecular weight excluding hydrogens is 204 g/mol. The summed E-state index contributed by atoms with van der Waals surface area (Å²) in [5.74, 6) is 1.45. The van der Waals surface area contributed by atoms with Gasteiger partial charge in [-0.15, -0.1) is 0 Å². The fourth-order valence-electron chi connectivity index (χ4n) is 1.59. The molecule has 0 spiro atoms. The van der Waals surface area contributed by atoms with Crippen LogP contribution in [-0.2, 0) is 0 Å². The van der Waals surface area contributed by atoms with Gasteiger partial charge in [0.05, 0.1) is 20.3 Å². The van der Waals surface area contributed by atoms with Crippen LogP contribution in [0.15, 0.2) is 12.1 Å². The van der Waals surface area contributed by atoms with Gasteiger partial charge in [-0.05, 0) is 31.7 Å². The second-order valence-corrected chi connectivity index (χ2v) is 3.41. The third-order valence-electron chi connectivity index (χ3n) is 2.48. The zero-order chi connectivity index (χ0) is 12.1. The van der Waals surface area contributed by atoms with Crippen molar-refractivity contribution < 1.29 is 9.47 Å². The van der Waals surface area contributed by atoms with Crippen LogP contribution in [-0.4, -0.2) is 21.3 Å². The molecule has 0 fully saturated rings. The Balaban J connectivity index is 3.30. The van der Waals surface area contributed by atoms with Gasteiger partial charge in [0.1, 0.15) is 17.5 Å². The lowest BCUT2D eigenvalue weighted by Gasteiger charge is -2.16. The molecule has 4 heteroatoms. The van der Waals surface area contributed by atoms with E-state index in [0.29, 0.717) is 5.75 Å². The lowest BCUT2D eigenvalue weighted by molar-refractivity contribution is 0.393. The molecule has 0 heterocycles. The highest BCUT2D eigenvalue weighted by atomic mass is 16.5. The monoisotopic (exact) mass is 220 g/mol. The smallest absolute Gasteiger partial charge is 0.125 e. The van der Waals surface area contributed by atoms with Gasteiger partial charge in [-0.1, -0.05) is 0 Å². The normalized spacial score (nSPS) is 11.7. The van der Waals surface area contributed by atoms with Crippen molar-refractivity contribution in [2.45, 2.75) is 13.0 Å². The maximum atomic E-state index is 9.02. The van der Waals surface area contributed by atoms with E-state index in [2.05, 4.69) is 11.4 Å². The predicted octanol–water partition coefficient (Wildman–Crippen LogP) is 1.80. The Morgan fingerprint density at radius 1 is 1.25 bits per heavy atom. The van der Waals surface area contributed by atoms with E-state index in [1.807, 2.05) is 19.1 Å². The summed E-state index contributed by atoms with van der Waals surface area (Å²) in [5.41, 5.74) is 1.77. The summed E-state index contributed by atoms with van der Waals surface area (Å²) in [4.78, 5) is 0. The molecule has 16 heavy (non-hydrogen) atoms. The molecule has 1 unspecified atom stereocenters. The van der Waals surface area contributed by atoms with Crippen LogP contribution in [0, 0.1) is 18.3 Å². The molecule has 1 N–H and O–H groups in total. The van der Waals surface area contributed by atoms with Crippen molar-refractivity contribution in [3.63, 3.8) is 0 Å². The molecule has 0 aliphatic rings. The number of nitrogens with one attached hydrogen (secondary N) is 1. The van der Waals surface area contributed by atoms with Crippen LogP contribution >= 0.6 is 0 Å². The average Bonchev–Trinajstić information content (AvgIpc) is 2.31. The van der Waals surface area contributed by atoms with E-state index in [1.54, 1.807) is 21.3 Å². The molecule has 0 radical (unpaired) electrons. The molecule has 4 nitrogen and oxygen atoms in total. The summed E-state index contributed by atoms with van der Waals surface area (Å²) >= 11 is 0. The zero-order valence-electron chi connectivity index (χ0n) is 10.00. The van der Waals surface area contributed by atoms with Gasteiger partial charge < -0.3 is 14.8 Å². The molecule has 1 rings (SSSR count). The minimum atomic E-state index is -0.399. The SMILES string of the molecule is CNC(C#N)c1cc(OC)c(C)cc1OC. The Hall–Kier alpha value is -1.73. The van der Waals surface area contributed by atoms with Gasteiger partial charge >= 0.3 is 0 Å². The lowest BCUT2D eigenvalue weighted by Crippen LogP contribution is -2.15. The lowest BCUT2D eigenvalue weighted by atomic mass is 10.0. The first kappa shape index (κ1) is 12.3. The Morgan fingerprint density at radius 2 is 1.88 bits per heavy atom. The van der Waals surface area contributed by atoms with Gasteiger partial charge in [0.2, 0.25) is 0 Å². The van der Waals surface area contributed by atoms with Crippen molar-refractivity contribution in [1.82, 2.24) is 5.32 Å². The summed E-state index contributed by atoms with van der Waals surface area (Å²) < 4.78 is 10.5. The second-order valence-electron chi connectivity index (χ2n) is 3.41. The number of rotatable bonds is 4. The summed E-state index contributed by atoms with van der Waals surface area (Å²) in [7, 11) is 4.94. The highest BCUT2D eigenvalue weighted by molar-refractivity contribution is 5.48. The minimum absolute atomic E-state index is 0.399. The number of benzene rings is 1. The number of hydrogen-bond acceptors (Lipinski definition) is 4. The summed E-state index contributed by atoms with van der Waals surface area (Å²) in [6.07, 6.45) is 0. The van der Waals surface area contributed by atoms with Gasteiger partial charge in [0.15, 0.2) is 0 Å². The van der Waals surface area contributed by atoms with Crippen LogP contribution in [0.3, 0.4) is 0 Å². The van der Waals surface area contributed by atoms with Crippen molar-refractivity contribution >= 4 is 0 Å². The molecule has 0 aromatic heterocycles. The minimum Gasteiger partial charge on any atom is -0.496 e. The number of methoxy groups -OCH3 is 2. The third-order valence-corrected chi connectivity index (χ3v) is 2.48. The fourth-order valence-corrected chi connectivity index (χ4v) is 1.59. The van der Waals surface area contributed by atoms with E-state index < -0.39 is 6.04 Å². The predicted molar refractivity (Wildman–Crippen MR) is 61.7 cm³/mol. The molecule has 0 saturated heterocycles. The molecule has 1 aromatic carbocycles. The first-order valence-electron chi connectivity index (χ1n) is 4.97. The third kappa shape index (κ3) is 2.26. The van der Waals surface area contributed by atoms with E-state index in [9.17, 15) is 0 Å². The largest absolute Gasteiger partial charge is 0.496 e. The van der Waals surface area contributed by atoms with Crippen LogP contribution in [0.5, 0.6) is 11.5 Å². The molecule has 0 aliphatic heterocycles. The van der Waals surface area contributed by atoms with E-state index in [4.69, 9.17) is 14.7 Å². The topological polar surface area (TPSA) is 54.3 Å². The highest BCUT2D eigenvalue weighted by Crippen LogP contribution is 2.31. The van der Waals surface area contributed by atoms with Crippen LogP contribution < -0.4 is 14.8 Å². The van der Waals surface area contributed by atoms with E-state index >= 15 is 0 Å². The molecule has 0 aliphatic carbocycles. The van der Waals surface area contributed by atoms with E-state index in [-0.39, 0.29) is 0 Å². The van der Waals surface area contributed by atoms with Gasteiger partial charge in [0, 0.05) is 5.56 Å². The summed E-state index contributed by atoms with van der Waals surface area (Å²) in [5, 5.41) is 11.9. The maximum absolute atomic E-state index is 9.02. The van der Waals surface area contributed by atoms with Gasteiger partial charge in [0.25, 0.3) is 0 Å². The van der Waals surface area contributed by atoms with Crippen molar-refractivity contribution in [2.75, 3.05) is 21.3 Å². The molecule has 1 aromatic rings. The Morgan fingerprint density at radius 3 is 2.31 bits per heavy atom. The van der Waals surface area contributed by atoms with Crippen LogP contribution in [0.1, 0.15) is 17.2 Å². The number of hydrogen-bond donors (Lipinski definition) is 1. The molecule has 0 bridgehead atoms. The van der Waals surface area contributed by atoms with Gasteiger partial charge in [-0.2, -0.15) is 5.26 Å². The molecule has 0 amide bonds. The first-order valence-corrected chi connectivity index (χ1v) is 4.97. The maximum Gasteiger partial charge on any atom is 0.125 e. The average molecular weight is 220 g/mol. The fraction of sp³-hybridized carbons (Fsp3) is 0.417. The number of nitrogens with zero attached hydrogens (tertiary/aromatic N) is 1. The van der Waals surface area contributed by atoms with Crippen LogP contribution in [0.4, 0.5) is 0 Å². The van der Waals surface area contributed by atoms with Crippen LogP contribution in [0.25, 0.3) is 0 Å². The summed E-state index contributed by atoms with van der Waals surface area (Å²) in [6, 6.07) is 5.47. The Labute approximate surface area is 95.8 Å². The van der Waals surface area contributed by atoms with Crippen molar-refractivity contribution in [3.8, 4) is 17.6 Å². The van der Waals surface area contributed by atoms with Crippen molar-refractivity contribution in [1.29, 1.82) is 5.26 Å². The van der Waals surface area contributed by atoms with E-state index in [1.165, 1.54) is 0 Å². The summed E-state index contributed by atoms with van der Waals surface area (Å²) in [6.45, 7) is 1.94. The Bertz CT molecular complexity index is 410. The number of nitriles is 1. The molecule has 86 valence electrons. The standard InChI is InChI=1S/C12H16N2O2/c1-8-5-12(16-4)9(6-11(8)15-3)10(7-13)14-2/h5-6,10,14H,1-4H3. The molecular formula is C12H16N2O2. The van der Waals surface area contributed by atoms with Gasteiger partial charge in [-0.3, -0.25) is 0 Å². The van der Waals surface area contributed by atoms with Crippen LogP contribution in [0.2, 0.25) is 0 Å². The molecule has 1 atom stereocenters. The zero-order valence-corrected chi connectivity index (χ0v) is 10.00.